The standard InChI is InChI=1S/C24H23N5O/c1-16-18(23-28-27-22-12-3-2-6-15-29(22)23)9-7-11-19(16)26-24(30)21-14-13-17-8-4-5-10-20(17)25-21/h4-5,7-11,13-14H,2-3,6,12,15H2,1H3,(H,26,30). The molecule has 2 aromatic heterocycles. The number of rotatable bonds is 3. The monoisotopic (exact) mass is 397 g/mol. The molecule has 0 saturated carbocycles. The van der Waals surface area contributed by atoms with Crippen LogP contribution in [0.4, 0.5) is 5.69 Å². The van der Waals surface area contributed by atoms with Crippen molar-refractivity contribution in [1.29, 1.82) is 0 Å². The molecule has 0 bridgehead atoms. The van der Waals surface area contributed by atoms with Crippen molar-refractivity contribution < 1.29 is 4.79 Å². The van der Waals surface area contributed by atoms with Gasteiger partial charge in [-0.05, 0) is 43.5 Å². The lowest BCUT2D eigenvalue weighted by Crippen LogP contribution is -2.15. The van der Waals surface area contributed by atoms with Gasteiger partial charge in [-0.1, -0.05) is 42.8 Å². The SMILES string of the molecule is Cc1c(NC(=O)c2ccc3ccccc3n2)cccc1-c1nnc2n1CCCCC2. The fourth-order valence-electron chi connectivity index (χ4n) is 4.08. The van der Waals surface area contributed by atoms with Gasteiger partial charge < -0.3 is 9.88 Å². The van der Waals surface area contributed by atoms with E-state index in [1.807, 2.05) is 55.5 Å². The molecule has 1 amide bonds. The van der Waals surface area contributed by atoms with Crippen molar-refractivity contribution in [2.75, 3.05) is 5.32 Å². The lowest BCUT2D eigenvalue weighted by molar-refractivity contribution is 0.102. The van der Waals surface area contributed by atoms with E-state index >= 15 is 0 Å². The van der Waals surface area contributed by atoms with Crippen LogP contribution in [0.25, 0.3) is 22.3 Å². The van der Waals surface area contributed by atoms with E-state index in [1.54, 1.807) is 6.07 Å². The van der Waals surface area contributed by atoms with Gasteiger partial charge in [0.15, 0.2) is 5.82 Å². The van der Waals surface area contributed by atoms with Gasteiger partial charge in [-0.2, -0.15) is 0 Å². The largest absolute Gasteiger partial charge is 0.320 e. The highest BCUT2D eigenvalue weighted by atomic mass is 16.1. The first kappa shape index (κ1) is 18.5. The molecule has 6 heteroatoms. The molecule has 0 unspecified atom stereocenters. The van der Waals surface area contributed by atoms with Crippen LogP contribution in [0.5, 0.6) is 0 Å². The predicted octanol–water partition coefficient (Wildman–Crippen LogP) is 4.78. The molecule has 4 aromatic rings. The number of aryl methyl sites for hydroxylation is 1. The summed E-state index contributed by atoms with van der Waals surface area (Å²) in [5, 5.41) is 12.9. The number of carbonyl (C=O) groups excluding carboxylic acids is 1. The number of fused-ring (bicyclic) bond motifs is 2. The normalized spacial score (nSPS) is 13.6. The highest BCUT2D eigenvalue weighted by Crippen LogP contribution is 2.29. The minimum Gasteiger partial charge on any atom is -0.320 e. The summed E-state index contributed by atoms with van der Waals surface area (Å²) >= 11 is 0. The third-order valence-electron chi connectivity index (χ3n) is 5.76. The lowest BCUT2D eigenvalue weighted by Gasteiger charge is -2.13. The Bertz CT molecular complexity index is 1240. The van der Waals surface area contributed by atoms with Gasteiger partial charge >= 0.3 is 0 Å². The summed E-state index contributed by atoms with van der Waals surface area (Å²) in [6.45, 7) is 2.95. The maximum atomic E-state index is 12.9. The molecular formula is C24H23N5O. The van der Waals surface area contributed by atoms with E-state index in [9.17, 15) is 4.79 Å². The number of hydrogen-bond donors (Lipinski definition) is 1. The lowest BCUT2D eigenvalue weighted by atomic mass is 10.1. The number of nitrogens with one attached hydrogen (secondary N) is 1. The van der Waals surface area contributed by atoms with Crippen LogP contribution in [-0.2, 0) is 13.0 Å². The number of aromatic nitrogens is 4. The summed E-state index contributed by atoms with van der Waals surface area (Å²) in [6.07, 6.45) is 4.49. The zero-order chi connectivity index (χ0) is 20.5. The first-order valence-electron chi connectivity index (χ1n) is 10.4. The number of hydrogen-bond acceptors (Lipinski definition) is 4. The molecule has 5 rings (SSSR count). The molecule has 150 valence electrons. The molecule has 3 heterocycles. The number of nitrogens with zero attached hydrogens (tertiary/aromatic N) is 4. The third-order valence-corrected chi connectivity index (χ3v) is 5.76. The van der Waals surface area contributed by atoms with Crippen molar-refractivity contribution in [3.05, 3.63) is 71.7 Å². The molecule has 0 spiro atoms. The van der Waals surface area contributed by atoms with E-state index in [0.29, 0.717) is 5.69 Å². The predicted molar refractivity (Wildman–Crippen MR) is 117 cm³/mol. The van der Waals surface area contributed by atoms with Crippen LogP contribution in [0.1, 0.15) is 41.1 Å². The van der Waals surface area contributed by atoms with Gasteiger partial charge in [0.05, 0.1) is 5.52 Å². The number of benzene rings is 2. The smallest absolute Gasteiger partial charge is 0.274 e. The number of carbonyl (C=O) groups is 1. The van der Waals surface area contributed by atoms with Crippen molar-refractivity contribution in [3.8, 4) is 11.4 Å². The molecule has 6 nitrogen and oxygen atoms in total. The average Bonchev–Trinajstić information content (AvgIpc) is 3.02. The second-order valence-electron chi connectivity index (χ2n) is 7.72. The Morgan fingerprint density at radius 3 is 2.80 bits per heavy atom. The Hall–Kier alpha value is -3.54. The summed E-state index contributed by atoms with van der Waals surface area (Å²) in [5.74, 6) is 1.71. The minimum absolute atomic E-state index is 0.221. The van der Waals surface area contributed by atoms with E-state index < -0.39 is 0 Å². The van der Waals surface area contributed by atoms with Crippen LogP contribution in [0.3, 0.4) is 0 Å². The molecule has 30 heavy (non-hydrogen) atoms. The molecule has 2 aromatic carbocycles. The van der Waals surface area contributed by atoms with E-state index in [1.165, 1.54) is 6.42 Å². The van der Waals surface area contributed by atoms with Gasteiger partial charge in [-0.25, -0.2) is 4.98 Å². The average molecular weight is 397 g/mol. The van der Waals surface area contributed by atoms with Gasteiger partial charge in [0.2, 0.25) is 0 Å². The van der Waals surface area contributed by atoms with Crippen molar-refractivity contribution in [2.24, 2.45) is 0 Å². The first-order chi connectivity index (χ1) is 14.7. The molecule has 0 fully saturated rings. The van der Waals surface area contributed by atoms with Crippen molar-refractivity contribution in [2.45, 2.75) is 39.2 Å². The quantitative estimate of drug-likeness (QED) is 0.540. The molecule has 1 aliphatic heterocycles. The molecule has 0 atom stereocenters. The Morgan fingerprint density at radius 1 is 0.967 bits per heavy atom. The van der Waals surface area contributed by atoms with Crippen LogP contribution in [-0.4, -0.2) is 25.7 Å². The van der Waals surface area contributed by atoms with Crippen LogP contribution in [0.15, 0.2) is 54.6 Å². The van der Waals surface area contributed by atoms with Gasteiger partial charge in [0.1, 0.15) is 11.5 Å². The highest BCUT2D eigenvalue weighted by molar-refractivity contribution is 6.04. The van der Waals surface area contributed by atoms with E-state index in [-0.39, 0.29) is 5.91 Å². The third kappa shape index (κ3) is 3.34. The second kappa shape index (κ2) is 7.71. The molecule has 0 radical (unpaired) electrons. The van der Waals surface area contributed by atoms with Gasteiger partial charge in [0.25, 0.3) is 5.91 Å². The number of amides is 1. The van der Waals surface area contributed by atoms with Gasteiger partial charge in [0, 0.05) is 29.6 Å². The summed E-state index contributed by atoms with van der Waals surface area (Å²) in [6, 6.07) is 17.4. The summed E-state index contributed by atoms with van der Waals surface area (Å²) < 4.78 is 2.23. The summed E-state index contributed by atoms with van der Waals surface area (Å²) in [5.41, 5.74) is 3.95. The van der Waals surface area contributed by atoms with Crippen LogP contribution >= 0.6 is 0 Å². The van der Waals surface area contributed by atoms with E-state index in [0.717, 1.165) is 65.2 Å². The van der Waals surface area contributed by atoms with Crippen molar-refractivity contribution in [3.63, 3.8) is 0 Å². The molecule has 1 aliphatic rings. The highest BCUT2D eigenvalue weighted by Gasteiger charge is 2.19. The van der Waals surface area contributed by atoms with Gasteiger partial charge in [-0.15, -0.1) is 10.2 Å². The van der Waals surface area contributed by atoms with Gasteiger partial charge in [-0.3, -0.25) is 4.79 Å². The maximum Gasteiger partial charge on any atom is 0.274 e. The van der Waals surface area contributed by atoms with E-state index in [4.69, 9.17) is 0 Å². The van der Waals surface area contributed by atoms with Crippen molar-refractivity contribution >= 4 is 22.5 Å². The molecule has 1 N–H and O–H groups in total. The van der Waals surface area contributed by atoms with Crippen LogP contribution in [0.2, 0.25) is 0 Å². The second-order valence-corrected chi connectivity index (χ2v) is 7.72. The zero-order valence-electron chi connectivity index (χ0n) is 16.9. The Labute approximate surface area is 175 Å². The molecule has 0 saturated heterocycles. The zero-order valence-corrected chi connectivity index (χ0v) is 16.9. The Kier molecular flexibility index (Phi) is 4.75. The molecular weight excluding hydrogens is 374 g/mol. The minimum atomic E-state index is -0.221. The summed E-state index contributed by atoms with van der Waals surface area (Å²) in [4.78, 5) is 17.4. The Balaban J connectivity index is 1.46. The fourth-order valence-corrected chi connectivity index (χ4v) is 4.08. The van der Waals surface area contributed by atoms with Crippen LogP contribution < -0.4 is 5.32 Å². The number of pyridine rings is 1. The number of anilines is 1. The van der Waals surface area contributed by atoms with Crippen molar-refractivity contribution in [1.82, 2.24) is 19.7 Å². The topological polar surface area (TPSA) is 72.7 Å². The molecule has 0 aliphatic carbocycles. The number of para-hydroxylation sites is 1. The van der Waals surface area contributed by atoms with E-state index in [2.05, 4.69) is 25.1 Å². The van der Waals surface area contributed by atoms with Crippen LogP contribution in [0, 0.1) is 6.92 Å². The first-order valence-corrected chi connectivity index (χ1v) is 10.4. The fraction of sp³-hybridized carbons (Fsp3) is 0.250. The Morgan fingerprint density at radius 2 is 1.87 bits per heavy atom. The summed E-state index contributed by atoms with van der Waals surface area (Å²) in [7, 11) is 0. The maximum absolute atomic E-state index is 12.9.